The molecule has 0 aliphatic heterocycles. The Morgan fingerprint density at radius 3 is 1.43 bits per heavy atom. The number of aryl methyl sites for hydroxylation is 1. The molecule has 188 valence electrons. The minimum atomic E-state index is 0.568. The molecule has 3 aromatic carbocycles. The van der Waals surface area contributed by atoms with E-state index in [1.807, 2.05) is 0 Å². The molecule has 0 heterocycles. The first kappa shape index (κ1) is 27.3. The van der Waals surface area contributed by atoms with Crippen molar-refractivity contribution in [3.63, 3.8) is 0 Å². The van der Waals surface area contributed by atoms with E-state index in [1.54, 1.807) is 0 Å². The summed E-state index contributed by atoms with van der Waals surface area (Å²) in [5.74, 6) is 2.48. The lowest BCUT2D eigenvalue weighted by Gasteiger charge is -2.28. The normalized spacial score (nSPS) is 14.9. The molecular formula is C35H48. The molecule has 35 heavy (non-hydrogen) atoms. The van der Waals surface area contributed by atoms with Gasteiger partial charge in [-0.3, -0.25) is 0 Å². The van der Waals surface area contributed by atoms with E-state index in [-0.39, 0.29) is 0 Å². The highest BCUT2D eigenvalue weighted by Crippen LogP contribution is 2.40. The van der Waals surface area contributed by atoms with Crippen LogP contribution in [0.25, 0.3) is 0 Å². The first-order chi connectivity index (χ1) is 17.1. The second-order valence-corrected chi connectivity index (χ2v) is 10.6. The van der Waals surface area contributed by atoms with Crippen molar-refractivity contribution < 1.29 is 0 Å². The van der Waals surface area contributed by atoms with Gasteiger partial charge in [-0.25, -0.2) is 0 Å². The van der Waals surface area contributed by atoms with Crippen molar-refractivity contribution in [1.29, 1.82) is 0 Å². The van der Waals surface area contributed by atoms with Crippen molar-refractivity contribution in [3.8, 4) is 0 Å². The number of rotatable bonds is 14. The Morgan fingerprint density at radius 2 is 0.886 bits per heavy atom. The zero-order chi connectivity index (χ0) is 25.0. The third kappa shape index (κ3) is 7.83. The van der Waals surface area contributed by atoms with Gasteiger partial charge < -0.3 is 0 Å². The second-order valence-electron chi connectivity index (χ2n) is 10.6. The first-order valence-corrected chi connectivity index (χ1v) is 14.3. The summed E-state index contributed by atoms with van der Waals surface area (Å²) in [6, 6.07) is 30.3. The van der Waals surface area contributed by atoms with Crippen molar-refractivity contribution in [3.05, 3.63) is 107 Å². The van der Waals surface area contributed by atoms with Gasteiger partial charge in [0.1, 0.15) is 0 Å². The highest BCUT2D eigenvalue weighted by Gasteiger charge is 2.23. The Hall–Kier alpha value is -2.34. The topological polar surface area (TPSA) is 0 Å². The van der Waals surface area contributed by atoms with E-state index in [2.05, 4.69) is 113 Å². The van der Waals surface area contributed by atoms with Gasteiger partial charge in [-0.15, -0.1) is 0 Å². The molecule has 0 aliphatic rings. The highest BCUT2D eigenvalue weighted by atomic mass is 14.3. The van der Waals surface area contributed by atoms with E-state index in [0.717, 1.165) is 0 Å². The lowest BCUT2D eigenvalue weighted by molar-refractivity contribution is 0.441. The predicted octanol–water partition coefficient (Wildman–Crippen LogP) is 10.9. The van der Waals surface area contributed by atoms with Crippen molar-refractivity contribution in [1.82, 2.24) is 0 Å². The maximum absolute atomic E-state index is 2.47. The molecule has 0 aromatic heterocycles. The molecule has 3 rings (SSSR count). The Morgan fingerprint density at radius 1 is 0.457 bits per heavy atom. The molecule has 0 aliphatic carbocycles. The molecule has 0 bridgehead atoms. The summed E-state index contributed by atoms with van der Waals surface area (Å²) in [5, 5.41) is 0. The fourth-order valence-electron chi connectivity index (χ4n) is 5.92. The van der Waals surface area contributed by atoms with Crippen LogP contribution in [0.1, 0.15) is 131 Å². The van der Waals surface area contributed by atoms with Gasteiger partial charge in [-0.05, 0) is 91.4 Å². The smallest absolute Gasteiger partial charge is 0.0150 e. The largest absolute Gasteiger partial charge is 0.0654 e. The van der Waals surface area contributed by atoms with Crippen LogP contribution >= 0.6 is 0 Å². The summed E-state index contributed by atoms with van der Waals surface area (Å²) < 4.78 is 0. The molecular weight excluding hydrogens is 420 g/mol. The number of benzene rings is 3. The summed E-state index contributed by atoms with van der Waals surface area (Å²) >= 11 is 0. The van der Waals surface area contributed by atoms with E-state index < -0.39 is 0 Å². The van der Waals surface area contributed by atoms with Crippen LogP contribution in [-0.2, 0) is 0 Å². The summed E-state index contributed by atoms with van der Waals surface area (Å²) in [4.78, 5) is 0. The van der Waals surface area contributed by atoms with E-state index in [0.29, 0.717) is 23.7 Å². The molecule has 0 saturated carbocycles. The van der Waals surface area contributed by atoms with Crippen molar-refractivity contribution in [2.24, 2.45) is 0 Å². The minimum Gasteiger partial charge on any atom is -0.0654 e. The molecule has 0 heteroatoms. The van der Waals surface area contributed by atoms with Gasteiger partial charge in [0.05, 0.1) is 0 Å². The molecule has 0 nitrogen and oxygen atoms in total. The molecule has 4 unspecified atom stereocenters. The standard InChI is InChI=1S/C35H48/c1-6-13-28(8-3)31-21-23-33(24-22-31)35(25-29(9-4)30-15-11-10-12-16-30)26-34(14-7-2)32-19-17-27(5)18-20-32/h10-12,15-24,28-29,34-35H,6-9,13-14,25-26H2,1-5H3. The zero-order valence-electron chi connectivity index (χ0n) is 23.0. The molecule has 0 saturated heterocycles. The first-order valence-electron chi connectivity index (χ1n) is 14.3. The van der Waals surface area contributed by atoms with Crippen LogP contribution in [0.2, 0.25) is 0 Å². The van der Waals surface area contributed by atoms with E-state index in [1.165, 1.54) is 79.2 Å². The van der Waals surface area contributed by atoms with Crippen LogP contribution in [0.3, 0.4) is 0 Å². The molecule has 0 fully saturated rings. The van der Waals surface area contributed by atoms with E-state index >= 15 is 0 Å². The van der Waals surface area contributed by atoms with Gasteiger partial charge in [-0.1, -0.05) is 125 Å². The van der Waals surface area contributed by atoms with Crippen molar-refractivity contribution in [2.75, 3.05) is 0 Å². The average Bonchev–Trinajstić information content (AvgIpc) is 2.90. The molecule has 0 spiro atoms. The summed E-state index contributed by atoms with van der Waals surface area (Å²) in [6.45, 7) is 11.5. The molecule has 0 radical (unpaired) electrons. The number of hydrogen-bond acceptors (Lipinski definition) is 0. The van der Waals surface area contributed by atoms with Gasteiger partial charge in [-0.2, -0.15) is 0 Å². The van der Waals surface area contributed by atoms with Gasteiger partial charge >= 0.3 is 0 Å². The Balaban J connectivity index is 1.91. The average molecular weight is 469 g/mol. The van der Waals surface area contributed by atoms with E-state index in [4.69, 9.17) is 0 Å². The Kier molecular flexibility index (Phi) is 11.1. The van der Waals surface area contributed by atoms with Gasteiger partial charge in [0.15, 0.2) is 0 Å². The molecule has 0 N–H and O–H groups in total. The fourth-order valence-corrected chi connectivity index (χ4v) is 5.92. The van der Waals surface area contributed by atoms with Crippen LogP contribution in [0.5, 0.6) is 0 Å². The number of hydrogen-bond donors (Lipinski definition) is 0. The SMILES string of the molecule is CCCC(CC)c1ccc(C(CC(CC)c2ccccc2)CC(CCC)c2ccc(C)cc2)cc1. The quantitative estimate of drug-likeness (QED) is 0.221. The molecule has 0 amide bonds. The van der Waals surface area contributed by atoms with Crippen LogP contribution in [-0.4, -0.2) is 0 Å². The lowest BCUT2D eigenvalue weighted by atomic mass is 9.76. The van der Waals surface area contributed by atoms with Crippen LogP contribution in [0.15, 0.2) is 78.9 Å². The molecule has 3 aromatic rings. The summed E-state index contributed by atoms with van der Waals surface area (Å²) in [7, 11) is 0. The predicted molar refractivity (Wildman–Crippen MR) is 155 cm³/mol. The maximum Gasteiger partial charge on any atom is -0.0150 e. The van der Waals surface area contributed by atoms with E-state index in [9.17, 15) is 0 Å². The summed E-state index contributed by atoms with van der Waals surface area (Å²) in [5.41, 5.74) is 7.41. The van der Waals surface area contributed by atoms with Gasteiger partial charge in [0.25, 0.3) is 0 Å². The van der Waals surface area contributed by atoms with Gasteiger partial charge in [0, 0.05) is 0 Å². The Bertz CT molecular complexity index is 951. The lowest BCUT2D eigenvalue weighted by Crippen LogP contribution is -2.12. The minimum absolute atomic E-state index is 0.568. The second kappa shape index (κ2) is 14.3. The summed E-state index contributed by atoms with van der Waals surface area (Å²) in [6.07, 6.45) is 9.91. The highest BCUT2D eigenvalue weighted by molar-refractivity contribution is 5.31. The molecule has 4 atom stereocenters. The van der Waals surface area contributed by atoms with Crippen LogP contribution in [0, 0.1) is 6.92 Å². The van der Waals surface area contributed by atoms with Crippen molar-refractivity contribution >= 4 is 0 Å². The zero-order valence-corrected chi connectivity index (χ0v) is 23.0. The van der Waals surface area contributed by atoms with Crippen LogP contribution < -0.4 is 0 Å². The van der Waals surface area contributed by atoms with Crippen molar-refractivity contribution in [2.45, 2.75) is 110 Å². The third-order valence-corrected chi connectivity index (χ3v) is 8.10. The van der Waals surface area contributed by atoms with Gasteiger partial charge in [0.2, 0.25) is 0 Å². The third-order valence-electron chi connectivity index (χ3n) is 8.10. The maximum atomic E-state index is 2.47. The Labute approximate surface area is 216 Å². The fraction of sp³-hybridized carbons (Fsp3) is 0.486. The van der Waals surface area contributed by atoms with Crippen LogP contribution in [0.4, 0.5) is 0 Å². The monoisotopic (exact) mass is 468 g/mol.